The van der Waals surface area contributed by atoms with Crippen LogP contribution in [0.4, 0.5) is 15.8 Å². The highest BCUT2D eigenvalue weighted by Crippen LogP contribution is 2.26. The second kappa shape index (κ2) is 7.90. The van der Waals surface area contributed by atoms with Crippen molar-refractivity contribution >= 4 is 28.9 Å². The van der Waals surface area contributed by atoms with Gasteiger partial charge < -0.3 is 9.88 Å². The summed E-state index contributed by atoms with van der Waals surface area (Å²) in [4.78, 5) is 29.0. The smallest absolute Gasteiger partial charge is 0.271 e. The number of imidazole rings is 1. The van der Waals surface area contributed by atoms with E-state index >= 15 is 0 Å². The number of carbonyl (C=O) groups is 2. The Morgan fingerprint density at radius 2 is 1.93 bits per heavy atom. The van der Waals surface area contributed by atoms with E-state index in [1.807, 2.05) is 32.0 Å². The number of nitrogens with one attached hydrogen (secondary N) is 1. The molecule has 30 heavy (non-hydrogen) atoms. The molecule has 0 saturated carbocycles. The Balaban J connectivity index is 1.56. The number of aromatic nitrogens is 2. The Labute approximate surface area is 172 Å². The minimum atomic E-state index is -0.497. The van der Waals surface area contributed by atoms with Gasteiger partial charge in [0, 0.05) is 30.9 Å². The molecule has 1 N–H and O–H groups in total. The largest absolute Gasteiger partial charge is 0.321 e. The van der Waals surface area contributed by atoms with Gasteiger partial charge in [-0.15, -0.1) is 0 Å². The van der Waals surface area contributed by atoms with Crippen LogP contribution in [0.1, 0.15) is 24.0 Å². The van der Waals surface area contributed by atoms with Crippen LogP contribution in [0.15, 0.2) is 60.2 Å². The van der Waals surface area contributed by atoms with E-state index < -0.39 is 11.7 Å². The van der Waals surface area contributed by atoms with E-state index in [0.29, 0.717) is 17.1 Å². The lowest BCUT2D eigenvalue weighted by Gasteiger charge is -2.24. The molecule has 0 fully saturated rings. The molecule has 0 spiro atoms. The number of carbonyl (C=O) groups excluding carboxylic acids is 2. The lowest BCUT2D eigenvalue weighted by Crippen LogP contribution is -2.36. The predicted octanol–water partition coefficient (Wildman–Crippen LogP) is 3.75. The molecular weight excluding hydrogens is 385 g/mol. The van der Waals surface area contributed by atoms with Gasteiger partial charge in [-0.1, -0.05) is 12.1 Å². The third-order valence-electron chi connectivity index (χ3n) is 4.88. The van der Waals surface area contributed by atoms with Gasteiger partial charge in [0.25, 0.3) is 5.91 Å². The molecule has 2 amide bonds. The first-order valence-corrected chi connectivity index (χ1v) is 9.49. The number of amides is 2. The minimum absolute atomic E-state index is 0.170. The van der Waals surface area contributed by atoms with Crippen molar-refractivity contribution < 1.29 is 14.0 Å². The Kier molecular flexibility index (Phi) is 5.14. The highest BCUT2D eigenvalue weighted by atomic mass is 19.1. The summed E-state index contributed by atoms with van der Waals surface area (Å²) in [6.07, 6.45) is 5.08. The quantitative estimate of drug-likeness (QED) is 0.718. The van der Waals surface area contributed by atoms with Crippen molar-refractivity contribution in [1.82, 2.24) is 9.55 Å². The molecule has 0 radical (unpaired) electrons. The summed E-state index contributed by atoms with van der Waals surface area (Å²) in [5.74, 6) is -1.13. The van der Waals surface area contributed by atoms with Crippen LogP contribution in [0.3, 0.4) is 0 Å². The maximum Gasteiger partial charge on any atom is 0.271 e. The van der Waals surface area contributed by atoms with Crippen LogP contribution >= 0.6 is 0 Å². The second-order valence-corrected chi connectivity index (χ2v) is 7.13. The predicted molar refractivity (Wildman–Crippen MR) is 112 cm³/mol. The minimum Gasteiger partial charge on any atom is -0.321 e. The molecule has 1 aliphatic rings. The van der Waals surface area contributed by atoms with Crippen LogP contribution in [0.5, 0.6) is 0 Å². The zero-order valence-corrected chi connectivity index (χ0v) is 16.6. The average Bonchev–Trinajstić information content (AvgIpc) is 3.25. The molecule has 1 aliphatic heterocycles. The standard InChI is InChI=1S/C22H20FN5O2/c1-14-3-4-15(2)20(11-14)28-21(29)8-6-18(26-28)22(30)25-16-5-7-19(17(23)12-16)27-10-9-24-13-27/h3-5,7,9-13H,6,8H2,1-2H3,(H,25,30). The van der Waals surface area contributed by atoms with Gasteiger partial charge in [0.15, 0.2) is 0 Å². The number of hydrogen-bond acceptors (Lipinski definition) is 4. The summed E-state index contributed by atoms with van der Waals surface area (Å²) in [5.41, 5.74) is 3.38. The SMILES string of the molecule is Cc1ccc(C)c(N2N=C(C(=O)Nc3ccc(-n4ccnc4)c(F)c3)CCC2=O)c1. The number of hydrogen-bond donors (Lipinski definition) is 1. The van der Waals surface area contributed by atoms with E-state index in [1.54, 1.807) is 29.1 Å². The lowest BCUT2D eigenvalue weighted by molar-refractivity contribution is -0.118. The fourth-order valence-corrected chi connectivity index (χ4v) is 3.25. The highest BCUT2D eigenvalue weighted by molar-refractivity contribution is 6.44. The number of hydrazone groups is 1. The maximum atomic E-state index is 14.4. The molecule has 4 rings (SSSR count). The van der Waals surface area contributed by atoms with Gasteiger partial charge in [-0.3, -0.25) is 9.59 Å². The first-order valence-electron chi connectivity index (χ1n) is 9.49. The summed E-state index contributed by atoms with van der Waals surface area (Å²) < 4.78 is 16.0. The normalized spacial score (nSPS) is 13.9. The number of aryl methyl sites for hydroxylation is 2. The van der Waals surface area contributed by atoms with E-state index in [2.05, 4.69) is 15.4 Å². The van der Waals surface area contributed by atoms with Crippen molar-refractivity contribution in [2.45, 2.75) is 26.7 Å². The molecule has 0 unspecified atom stereocenters. The van der Waals surface area contributed by atoms with Gasteiger partial charge in [-0.05, 0) is 49.2 Å². The molecule has 2 heterocycles. The Bertz CT molecular complexity index is 1150. The molecule has 0 saturated heterocycles. The summed E-state index contributed by atoms with van der Waals surface area (Å²) >= 11 is 0. The zero-order chi connectivity index (χ0) is 21.3. The van der Waals surface area contributed by atoms with Gasteiger partial charge >= 0.3 is 0 Å². The average molecular weight is 405 g/mol. The van der Waals surface area contributed by atoms with Crippen LogP contribution in [-0.4, -0.2) is 27.1 Å². The number of rotatable bonds is 4. The first-order chi connectivity index (χ1) is 14.4. The summed E-state index contributed by atoms with van der Waals surface area (Å²) in [6.45, 7) is 3.81. The molecule has 152 valence electrons. The second-order valence-electron chi connectivity index (χ2n) is 7.13. The fraction of sp³-hybridized carbons (Fsp3) is 0.182. The van der Waals surface area contributed by atoms with Crippen molar-refractivity contribution in [2.24, 2.45) is 5.10 Å². The van der Waals surface area contributed by atoms with Crippen LogP contribution in [0.2, 0.25) is 0 Å². The lowest BCUT2D eigenvalue weighted by atomic mass is 10.1. The van der Waals surface area contributed by atoms with Crippen LogP contribution in [0.25, 0.3) is 5.69 Å². The van der Waals surface area contributed by atoms with Crippen molar-refractivity contribution in [2.75, 3.05) is 10.3 Å². The van der Waals surface area contributed by atoms with Crippen molar-refractivity contribution in [3.05, 3.63) is 72.1 Å². The Morgan fingerprint density at radius 3 is 2.67 bits per heavy atom. The summed E-state index contributed by atoms with van der Waals surface area (Å²) in [7, 11) is 0. The number of nitrogens with zero attached hydrogens (tertiary/aromatic N) is 4. The van der Waals surface area contributed by atoms with E-state index in [4.69, 9.17) is 0 Å². The van der Waals surface area contributed by atoms with Crippen LogP contribution in [-0.2, 0) is 9.59 Å². The number of benzene rings is 2. The van der Waals surface area contributed by atoms with E-state index in [1.165, 1.54) is 17.4 Å². The summed E-state index contributed by atoms with van der Waals surface area (Å²) in [6, 6.07) is 10.1. The molecule has 2 aromatic carbocycles. The maximum absolute atomic E-state index is 14.4. The van der Waals surface area contributed by atoms with Crippen molar-refractivity contribution in [1.29, 1.82) is 0 Å². The number of anilines is 2. The fourth-order valence-electron chi connectivity index (χ4n) is 3.25. The monoisotopic (exact) mass is 405 g/mol. The van der Waals surface area contributed by atoms with Crippen molar-refractivity contribution in [3.8, 4) is 5.69 Å². The van der Waals surface area contributed by atoms with Crippen LogP contribution < -0.4 is 10.3 Å². The molecule has 8 heteroatoms. The molecule has 7 nitrogen and oxygen atoms in total. The third kappa shape index (κ3) is 3.84. The molecular formula is C22H20FN5O2. The topological polar surface area (TPSA) is 79.6 Å². The van der Waals surface area contributed by atoms with E-state index in [9.17, 15) is 14.0 Å². The molecule has 0 atom stereocenters. The van der Waals surface area contributed by atoms with E-state index in [0.717, 1.165) is 11.1 Å². The zero-order valence-electron chi connectivity index (χ0n) is 16.6. The third-order valence-corrected chi connectivity index (χ3v) is 4.88. The molecule has 1 aromatic heterocycles. The van der Waals surface area contributed by atoms with E-state index in [-0.39, 0.29) is 24.5 Å². The molecule has 3 aromatic rings. The summed E-state index contributed by atoms with van der Waals surface area (Å²) in [5, 5.41) is 8.24. The first kappa shape index (κ1) is 19.5. The highest BCUT2D eigenvalue weighted by Gasteiger charge is 2.26. The Hall–Kier alpha value is -3.81. The molecule has 0 aliphatic carbocycles. The van der Waals surface area contributed by atoms with Gasteiger partial charge in [-0.25, -0.2) is 14.4 Å². The van der Waals surface area contributed by atoms with Crippen molar-refractivity contribution in [3.63, 3.8) is 0 Å². The molecule has 0 bridgehead atoms. The number of halogens is 1. The van der Waals surface area contributed by atoms with Gasteiger partial charge in [0.1, 0.15) is 11.5 Å². The Morgan fingerprint density at radius 1 is 1.10 bits per heavy atom. The van der Waals surface area contributed by atoms with Crippen LogP contribution in [0, 0.1) is 19.7 Å². The van der Waals surface area contributed by atoms with Gasteiger partial charge in [0.05, 0.1) is 17.7 Å². The van der Waals surface area contributed by atoms with Gasteiger partial charge in [0.2, 0.25) is 5.91 Å². The van der Waals surface area contributed by atoms with Gasteiger partial charge in [-0.2, -0.15) is 5.10 Å².